The summed E-state index contributed by atoms with van der Waals surface area (Å²) in [5.41, 5.74) is 5.24. The smallest absolute Gasteiger partial charge is 0.327 e. The molecule has 1 rings (SSSR count). The molecule has 10 heteroatoms. The summed E-state index contributed by atoms with van der Waals surface area (Å²) in [7, 11) is -3.51. The molecule has 3 atom stereocenters. The van der Waals surface area contributed by atoms with Crippen molar-refractivity contribution in [2.24, 2.45) is 17.6 Å². The third-order valence-electron chi connectivity index (χ3n) is 3.91. The van der Waals surface area contributed by atoms with E-state index >= 15 is 0 Å². The summed E-state index contributed by atoms with van der Waals surface area (Å²) >= 11 is 0. The van der Waals surface area contributed by atoms with E-state index in [0.29, 0.717) is 0 Å². The molecule has 3 unspecified atom stereocenters. The van der Waals surface area contributed by atoms with Crippen LogP contribution in [-0.2, 0) is 9.84 Å². The molecule has 0 aliphatic heterocycles. The van der Waals surface area contributed by atoms with Crippen LogP contribution in [0.3, 0.4) is 0 Å². The van der Waals surface area contributed by atoms with Gasteiger partial charge in [0.25, 0.3) is 0 Å². The Balaban J connectivity index is 2.97. The van der Waals surface area contributed by atoms with Gasteiger partial charge in [0.05, 0.1) is 5.25 Å². The van der Waals surface area contributed by atoms with E-state index in [0.717, 1.165) is 6.26 Å². The summed E-state index contributed by atoms with van der Waals surface area (Å²) in [5, 5.41) is -0.926. The lowest BCUT2D eigenvalue weighted by molar-refractivity contribution is -0.293. The summed E-state index contributed by atoms with van der Waals surface area (Å²) in [6, 6.07) is -2.19. The van der Waals surface area contributed by atoms with Gasteiger partial charge in [0.2, 0.25) is 0 Å². The van der Waals surface area contributed by atoms with E-state index in [9.17, 15) is 34.8 Å². The van der Waals surface area contributed by atoms with Gasteiger partial charge >= 0.3 is 12.4 Å². The highest BCUT2D eigenvalue weighted by Crippen LogP contribution is 2.45. The molecular weight excluding hydrogens is 324 g/mol. The Morgan fingerprint density at radius 2 is 1.52 bits per heavy atom. The van der Waals surface area contributed by atoms with Crippen LogP contribution in [0, 0.1) is 11.8 Å². The largest absolute Gasteiger partial charge is 0.402 e. The van der Waals surface area contributed by atoms with Crippen LogP contribution in [0.5, 0.6) is 0 Å². The van der Waals surface area contributed by atoms with Crippen molar-refractivity contribution in [1.29, 1.82) is 0 Å². The van der Waals surface area contributed by atoms with E-state index < -0.39 is 45.3 Å². The lowest BCUT2D eigenvalue weighted by Crippen LogP contribution is -2.53. The van der Waals surface area contributed by atoms with Crippen molar-refractivity contribution < 1.29 is 34.8 Å². The fourth-order valence-electron chi connectivity index (χ4n) is 2.81. The highest BCUT2D eigenvalue weighted by molar-refractivity contribution is 7.91. The maximum absolute atomic E-state index is 12.6. The molecule has 3 nitrogen and oxygen atoms in total. The number of hydrogen-bond donors (Lipinski definition) is 1. The third-order valence-corrected chi connectivity index (χ3v) is 5.55. The minimum Gasteiger partial charge on any atom is -0.327 e. The van der Waals surface area contributed by atoms with Gasteiger partial charge in [0, 0.05) is 12.3 Å². The first-order chi connectivity index (χ1) is 9.24. The summed E-state index contributed by atoms with van der Waals surface area (Å²) in [5.74, 6) is -4.75. The Labute approximate surface area is 118 Å². The van der Waals surface area contributed by atoms with E-state index in [1.807, 2.05) is 0 Å². The molecule has 1 aliphatic carbocycles. The molecule has 0 saturated heterocycles. The molecule has 1 aliphatic rings. The average Bonchev–Trinajstić information content (AvgIpc) is 2.24. The summed E-state index contributed by atoms with van der Waals surface area (Å²) in [6.07, 6.45) is -9.79. The van der Waals surface area contributed by atoms with Crippen molar-refractivity contribution in [3.8, 4) is 0 Å². The molecule has 2 N–H and O–H groups in total. The normalized spacial score (nSPS) is 26.9. The minimum atomic E-state index is -5.50. The van der Waals surface area contributed by atoms with Crippen molar-refractivity contribution in [1.82, 2.24) is 0 Å². The van der Waals surface area contributed by atoms with E-state index in [1.165, 1.54) is 0 Å². The molecule has 1 fully saturated rings. The molecule has 0 spiro atoms. The second kappa shape index (κ2) is 5.94. The topological polar surface area (TPSA) is 60.2 Å². The Morgan fingerprint density at radius 1 is 1.05 bits per heavy atom. The van der Waals surface area contributed by atoms with E-state index in [-0.39, 0.29) is 25.7 Å². The van der Waals surface area contributed by atoms with Gasteiger partial charge in [0.1, 0.15) is 9.84 Å². The standard InChI is InChI=1S/C11H17F6NO2S/c1-21(19,20)7-4-2-3-6(5-7)8(18)9(10(12,13)14)11(15,16)17/h6-9H,2-5,18H2,1H3. The van der Waals surface area contributed by atoms with Gasteiger partial charge < -0.3 is 5.73 Å². The van der Waals surface area contributed by atoms with Crippen LogP contribution in [0.1, 0.15) is 25.7 Å². The number of alkyl halides is 6. The maximum Gasteiger partial charge on any atom is 0.402 e. The van der Waals surface area contributed by atoms with Gasteiger partial charge in [-0.25, -0.2) is 8.42 Å². The first-order valence-electron chi connectivity index (χ1n) is 6.32. The highest BCUT2D eigenvalue weighted by atomic mass is 32.2. The fourth-order valence-corrected chi connectivity index (χ4v) is 4.01. The zero-order valence-corrected chi connectivity index (χ0v) is 12.0. The van der Waals surface area contributed by atoms with Crippen LogP contribution in [-0.4, -0.2) is 38.3 Å². The lowest BCUT2D eigenvalue weighted by atomic mass is 9.78. The molecule has 1 saturated carbocycles. The van der Waals surface area contributed by atoms with Crippen LogP contribution in [0.25, 0.3) is 0 Å². The Hall–Kier alpha value is -0.510. The van der Waals surface area contributed by atoms with Crippen molar-refractivity contribution in [2.45, 2.75) is 49.3 Å². The number of nitrogens with two attached hydrogens (primary N) is 1. The van der Waals surface area contributed by atoms with Crippen LogP contribution >= 0.6 is 0 Å². The van der Waals surface area contributed by atoms with Crippen LogP contribution in [0.2, 0.25) is 0 Å². The zero-order chi connectivity index (χ0) is 16.6. The van der Waals surface area contributed by atoms with Gasteiger partial charge in [-0.3, -0.25) is 0 Å². The Morgan fingerprint density at radius 3 is 1.90 bits per heavy atom. The Kier molecular flexibility index (Phi) is 5.24. The SMILES string of the molecule is CS(=O)(=O)C1CCCC(C(N)C(C(F)(F)F)C(F)(F)F)C1. The monoisotopic (exact) mass is 341 g/mol. The minimum absolute atomic E-state index is 0.0653. The molecule has 0 aromatic carbocycles. The Bertz CT molecular complexity index is 444. The molecule has 0 heterocycles. The summed E-state index contributed by atoms with van der Waals surface area (Å²) in [4.78, 5) is 0. The third kappa shape index (κ3) is 4.73. The van der Waals surface area contributed by atoms with Crippen LogP contribution in [0.15, 0.2) is 0 Å². The second-order valence-electron chi connectivity index (χ2n) is 5.52. The van der Waals surface area contributed by atoms with Crippen LogP contribution < -0.4 is 5.73 Å². The fraction of sp³-hybridized carbons (Fsp3) is 1.00. The molecule has 0 radical (unpaired) electrons. The number of sulfone groups is 1. The number of hydrogen-bond acceptors (Lipinski definition) is 3. The van der Waals surface area contributed by atoms with Gasteiger partial charge in [-0.05, 0) is 25.2 Å². The molecule has 126 valence electrons. The van der Waals surface area contributed by atoms with Gasteiger partial charge in [-0.15, -0.1) is 0 Å². The van der Waals surface area contributed by atoms with Crippen molar-refractivity contribution in [3.63, 3.8) is 0 Å². The van der Waals surface area contributed by atoms with Crippen molar-refractivity contribution >= 4 is 9.84 Å². The van der Waals surface area contributed by atoms with Crippen LogP contribution in [0.4, 0.5) is 26.3 Å². The first-order valence-corrected chi connectivity index (χ1v) is 8.28. The quantitative estimate of drug-likeness (QED) is 0.803. The predicted octanol–water partition coefficient (Wildman–Crippen LogP) is 2.66. The average molecular weight is 341 g/mol. The molecule has 0 aromatic rings. The second-order valence-corrected chi connectivity index (χ2v) is 7.84. The van der Waals surface area contributed by atoms with Crippen molar-refractivity contribution in [3.05, 3.63) is 0 Å². The van der Waals surface area contributed by atoms with Gasteiger partial charge in [-0.2, -0.15) is 26.3 Å². The zero-order valence-electron chi connectivity index (χ0n) is 11.2. The predicted molar refractivity (Wildman–Crippen MR) is 64.2 cm³/mol. The van der Waals surface area contributed by atoms with E-state index in [4.69, 9.17) is 5.73 Å². The van der Waals surface area contributed by atoms with E-state index in [1.54, 1.807) is 0 Å². The maximum atomic E-state index is 12.6. The van der Waals surface area contributed by atoms with Gasteiger partial charge in [-0.1, -0.05) is 6.42 Å². The summed E-state index contributed by atoms with van der Waals surface area (Å²) in [6.45, 7) is 0. The molecular formula is C11H17F6NO2S. The molecule has 0 bridgehead atoms. The number of halogens is 6. The highest BCUT2D eigenvalue weighted by Gasteiger charge is 2.60. The molecule has 0 amide bonds. The lowest BCUT2D eigenvalue weighted by Gasteiger charge is -2.37. The van der Waals surface area contributed by atoms with Crippen molar-refractivity contribution in [2.75, 3.05) is 6.26 Å². The molecule has 0 aromatic heterocycles. The van der Waals surface area contributed by atoms with E-state index in [2.05, 4.69) is 0 Å². The summed E-state index contributed by atoms with van der Waals surface area (Å²) < 4.78 is 98.7. The molecule has 21 heavy (non-hydrogen) atoms. The van der Waals surface area contributed by atoms with Gasteiger partial charge in [0.15, 0.2) is 5.92 Å². The number of rotatable bonds is 3. The first kappa shape index (κ1) is 18.5.